The average molecular weight is 190 g/mol. The second kappa shape index (κ2) is 4.66. The number of carbonyl (C=O) groups is 2. The molecule has 0 aliphatic heterocycles. The number of carbonyl (C=O) groups excluding carboxylic acids is 2. The number of rotatable bonds is 3. The monoisotopic (exact) mass is 190 g/mol. The van der Waals surface area contributed by atoms with E-state index >= 15 is 0 Å². The van der Waals surface area contributed by atoms with Gasteiger partial charge in [-0.15, -0.1) is 0 Å². The first kappa shape index (κ1) is 11.7. The largest absolute Gasteiger partial charge is 0.433 e. The molecule has 0 aliphatic carbocycles. The zero-order valence-corrected chi connectivity index (χ0v) is 7.85. The van der Waals surface area contributed by atoms with Crippen molar-refractivity contribution in [2.24, 2.45) is 5.73 Å². The van der Waals surface area contributed by atoms with Gasteiger partial charge in [-0.1, -0.05) is 0 Å². The van der Waals surface area contributed by atoms with Crippen molar-refractivity contribution in [3.05, 3.63) is 0 Å². The maximum Gasteiger partial charge on any atom is 0.405 e. The summed E-state index contributed by atoms with van der Waals surface area (Å²) in [6, 6.07) is 0. The van der Waals surface area contributed by atoms with Gasteiger partial charge < -0.3 is 20.5 Å². The van der Waals surface area contributed by atoms with Crippen LogP contribution in [0.25, 0.3) is 0 Å². The second-order valence-electron chi connectivity index (χ2n) is 2.83. The number of nitrogens with zero attached hydrogens (tertiary/aromatic N) is 1. The topological polar surface area (TPSA) is 92.9 Å². The Hall–Kier alpha value is -1.30. The summed E-state index contributed by atoms with van der Waals surface area (Å²) in [7, 11) is 2.98. The van der Waals surface area contributed by atoms with Crippen LogP contribution in [0.4, 0.5) is 4.79 Å². The molecule has 0 bridgehead atoms. The van der Waals surface area contributed by atoms with E-state index in [1.807, 2.05) is 0 Å². The third-order valence-electron chi connectivity index (χ3n) is 1.37. The first-order chi connectivity index (χ1) is 5.86. The minimum atomic E-state index is -1.23. The Labute approximate surface area is 76.3 Å². The van der Waals surface area contributed by atoms with Crippen molar-refractivity contribution in [3.8, 4) is 0 Å². The van der Waals surface area contributed by atoms with Crippen LogP contribution in [0, 0.1) is 0 Å². The lowest BCUT2D eigenvalue weighted by Gasteiger charge is -2.21. The Kier molecular flexibility index (Phi) is 4.19. The fourth-order valence-electron chi connectivity index (χ4n) is 0.735. The number of nitrogens with two attached hydrogens (primary N) is 1. The fraction of sp³-hybridized carbons (Fsp3) is 0.714. The van der Waals surface area contributed by atoms with Crippen molar-refractivity contribution < 1.29 is 19.4 Å². The maximum atomic E-state index is 11.3. The predicted molar refractivity (Wildman–Crippen MR) is 44.8 cm³/mol. The van der Waals surface area contributed by atoms with Gasteiger partial charge in [-0.3, -0.25) is 4.79 Å². The summed E-state index contributed by atoms with van der Waals surface area (Å²) in [6.45, 7) is 1.34. The van der Waals surface area contributed by atoms with E-state index in [0.717, 1.165) is 0 Å². The molecule has 0 spiro atoms. The van der Waals surface area contributed by atoms with Crippen LogP contribution in [0.5, 0.6) is 0 Å². The van der Waals surface area contributed by atoms with Crippen LogP contribution in [0.3, 0.4) is 0 Å². The van der Waals surface area contributed by atoms with E-state index in [1.165, 1.54) is 25.9 Å². The van der Waals surface area contributed by atoms with E-state index in [-0.39, 0.29) is 0 Å². The summed E-state index contributed by atoms with van der Waals surface area (Å²) in [5.74, 6) is -0.506. The van der Waals surface area contributed by atoms with Gasteiger partial charge in [-0.05, 0) is 6.92 Å². The molecule has 0 aliphatic rings. The average Bonchev–Trinajstić information content (AvgIpc) is 1.97. The number of aliphatic hydroxyl groups excluding tert-OH is 1. The van der Waals surface area contributed by atoms with Crippen LogP contribution in [0.15, 0.2) is 0 Å². The molecule has 0 fully saturated rings. The SMILES string of the molecule is C[C@@H](O)[C@H](OC(N)=O)C(=O)N(C)C. The summed E-state index contributed by atoms with van der Waals surface area (Å²) in [5, 5.41) is 9.10. The number of likely N-dealkylation sites (N-methyl/N-ethyl adjacent to an activating group) is 1. The van der Waals surface area contributed by atoms with Gasteiger partial charge in [-0.2, -0.15) is 0 Å². The molecule has 6 nitrogen and oxygen atoms in total. The van der Waals surface area contributed by atoms with Crippen LogP contribution in [0.1, 0.15) is 6.92 Å². The third kappa shape index (κ3) is 3.75. The molecule has 0 aromatic rings. The van der Waals surface area contributed by atoms with E-state index in [2.05, 4.69) is 4.74 Å². The lowest BCUT2D eigenvalue weighted by Crippen LogP contribution is -2.44. The standard InChI is InChI=1S/C7H14N2O4/c1-4(10)5(13-7(8)12)6(11)9(2)3/h4-5,10H,1-3H3,(H2,8,12)/t4-,5+/m1/s1. The van der Waals surface area contributed by atoms with Crippen molar-refractivity contribution in [1.29, 1.82) is 0 Å². The second-order valence-corrected chi connectivity index (χ2v) is 2.83. The Morgan fingerprint density at radius 3 is 2.15 bits per heavy atom. The molecule has 13 heavy (non-hydrogen) atoms. The minimum absolute atomic E-state index is 0.506. The van der Waals surface area contributed by atoms with Crippen LogP contribution < -0.4 is 5.73 Å². The zero-order chi connectivity index (χ0) is 10.6. The molecule has 0 saturated heterocycles. The summed E-state index contributed by atoms with van der Waals surface area (Å²) in [4.78, 5) is 22.8. The van der Waals surface area contributed by atoms with Gasteiger partial charge in [-0.25, -0.2) is 4.79 Å². The molecule has 0 radical (unpaired) electrons. The normalized spacial score (nSPS) is 14.5. The van der Waals surface area contributed by atoms with Crippen LogP contribution in [-0.4, -0.2) is 48.3 Å². The lowest BCUT2D eigenvalue weighted by molar-refractivity contribution is -0.142. The molecule has 0 rings (SSSR count). The highest BCUT2D eigenvalue weighted by Crippen LogP contribution is 2.02. The number of aliphatic hydroxyl groups is 1. The van der Waals surface area contributed by atoms with E-state index in [1.54, 1.807) is 0 Å². The smallest absolute Gasteiger partial charge is 0.405 e. The third-order valence-corrected chi connectivity index (χ3v) is 1.37. The first-order valence-corrected chi connectivity index (χ1v) is 3.71. The van der Waals surface area contributed by atoms with Crippen molar-refractivity contribution in [2.45, 2.75) is 19.1 Å². The van der Waals surface area contributed by atoms with Gasteiger partial charge in [0.15, 0.2) is 0 Å². The van der Waals surface area contributed by atoms with Gasteiger partial charge in [0.05, 0.1) is 6.10 Å². The summed E-state index contributed by atoms with van der Waals surface area (Å²) >= 11 is 0. The molecule has 0 saturated carbocycles. The van der Waals surface area contributed by atoms with Gasteiger partial charge in [0.1, 0.15) is 0 Å². The Balaban J connectivity index is 4.42. The highest BCUT2D eigenvalue weighted by molar-refractivity contribution is 5.83. The zero-order valence-electron chi connectivity index (χ0n) is 7.85. The van der Waals surface area contributed by atoms with Gasteiger partial charge >= 0.3 is 6.09 Å². The van der Waals surface area contributed by atoms with E-state index in [9.17, 15) is 9.59 Å². The predicted octanol–water partition coefficient (Wildman–Crippen LogP) is -1.08. The number of hydrogen-bond donors (Lipinski definition) is 2. The summed E-state index contributed by atoms with van der Waals surface area (Å²) < 4.78 is 4.43. The molecular formula is C7H14N2O4. The van der Waals surface area contributed by atoms with Crippen molar-refractivity contribution >= 4 is 12.0 Å². The summed E-state index contributed by atoms with van der Waals surface area (Å²) in [5.41, 5.74) is 4.73. The number of primary amides is 1. The number of ether oxygens (including phenoxy) is 1. The molecule has 0 heterocycles. The quantitative estimate of drug-likeness (QED) is 0.592. The molecule has 2 amide bonds. The molecule has 6 heteroatoms. The van der Waals surface area contributed by atoms with Crippen LogP contribution in [0.2, 0.25) is 0 Å². The van der Waals surface area contributed by atoms with Crippen LogP contribution in [-0.2, 0) is 9.53 Å². The molecule has 0 unspecified atom stereocenters. The molecule has 76 valence electrons. The Morgan fingerprint density at radius 1 is 1.46 bits per heavy atom. The maximum absolute atomic E-state index is 11.3. The Bertz CT molecular complexity index is 203. The van der Waals surface area contributed by atoms with E-state index in [0.29, 0.717) is 0 Å². The molecular weight excluding hydrogens is 176 g/mol. The van der Waals surface area contributed by atoms with E-state index in [4.69, 9.17) is 10.8 Å². The Morgan fingerprint density at radius 2 is 1.92 bits per heavy atom. The van der Waals surface area contributed by atoms with Gasteiger partial charge in [0, 0.05) is 14.1 Å². The fourth-order valence-corrected chi connectivity index (χ4v) is 0.735. The van der Waals surface area contributed by atoms with E-state index < -0.39 is 24.2 Å². The lowest BCUT2D eigenvalue weighted by atomic mass is 10.2. The minimum Gasteiger partial charge on any atom is -0.433 e. The van der Waals surface area contributed by atoms with Crippen molar-refractivity contribution in [1.82, 2.24) is 4.90 Å². The van der Waals surface area contributed by atoms with Crippen molar-refractivity contribution in [3.63, 3.8) is 0 Å². The van der Waals surface area contributed by atoms with Crippen LogP contribution >= 0.6 is 0 Å². The van der Waals surface area contributed by atoms with Gasteiger partial charge in [0.25, 0.3) is 5.91 Å². The number of amides is 2. The number of hydrogen-bond acceptors (Lipinski definition) is 4. The first-order valence-electron chi connectivity index (χ1n) is 3.71. The molecule has 0 aromatic heterocycles. The summed E-state index contributed by atoms with van der Waals surface area (Å²) in [6.07, 6.45) is -3.39. The van der Waals surface area contributed by atoms with Gasteiger partial charge in [0.2, 0.25) is 6.10 Å². The highest BCUT2D eigenvalue weighted by atomic mass is 16.6. The molecule has 2 atom stereocenters. The molecule has 3 N–H and O–H groups in total. The van der Waals surface area contributed by atoms with Crippen molar-refractivity contribution in [2.75, 3.05) is 14.1 Å². The highest BCUT2D eigenvalue weighted by Gasteiger charge is 2.28. The molecule has 0 aromatic carbocycles.